The third kappa shape index (κ3) is 5.91. The second-order valence-electron chi connectivity index (χ2n) is 6.28. The van der Waals surface area contributed by atoms with Crippen LogP contribution in [0.15, 0.2) is 42.6 Å². The fourth-order valence-corrected chi connectivity index (χ4v) is 2.39. The first-order valence-electron chi connectivity index (χ1n) is 8.29. The molecular formula is C19H26N4O. The van der Waals surface area contributed by atoms with Gasteiger partial charge in [-0.2, -0.15) is 0 Å². The Morgan fingerprint density at radius 2 is 2.08 bits per heavy atom. The van der Waals surface area contributed by atoms with Crippen molar-refractivity contribution in [1.82, 2.24) is 20.2 Å². The summed E-state index contributed by atoms with van der Waals surface area (Å²) in [5.41, 5.74) is 2.12. The largest absolute Gasteiger partial charge is 0.345 e. The lowest BCUT2D eigenvalue weighted by Gasteiger charge is -2.23. The summed E-state index contributed by atoms with van der Waals surface area (Å²) >= 11 is 0. The Bertz CT molecular complexity index is 661. The first-order chi connectivity index (χ1) is 11.5. The van der Waals surface area contributed by atoms with E-state index in [1.54, 1.807) is 6.20 Å². The van der Waals surface area contributed by atoms with Crippen molar-refractivity contribution in [2.24, 2.45) is 5.92 Å². The number of hydrogen-bond acceptors (Lipinski definition) is 2. The Balaban J connectivity index is 1.91. The predicted octanol–water partition coefficient (Wildman–Crippen LogP) is 3.60. The molecule has 0 radical (unpaired) electrons. The van der Waals surface area contributed by atoms with Crippen LogP contribution in [0.5, 0.6) is 0 Å². The van der Waals surface area contributed by atoms with Crippen LogP contribution in [0.2, 0.25) is 0 Å². The first-order valence-corrected chi connectivity index (χ1v) is 8.29. The van der Waals surface area contributed by atoms with E-state index < -0.39 is 0 Å². The number of carbonyl (C=O) groups excluding carboxylic acids is 1. The standard InChI is InChI=1S/C19H26N4O/c1-15(2)14-23(11-7-10-17-8-5-4-6-9-17)19(24)21-13-18-20-12-16(3)22-18/h4-10,12,15H,11,13-14H2,1-3H3,(H,20,22)(H,21,24). The van der Waals surface area contributed by atoms with Crippen LogP contribution in [0, 0.1) is 12.8 Å². The Morgan fingerprint density at radius 3 is 2.71 bits per heavy atom. The Hall–Kier alpha value is -2.56. The molecule has 0 aliphatic rings. The maximum absolute atomic E-state index is 12.4. The van der Waals surface area contributed by atoms with Crippen LogP contribution < -0.4 is 5.32 Å². The molecule has 0 saturated carbocycles. The van der Waals surface area contributed by atoms with Crippen molar-refractivity contribution in [1.29, 1.82) is 0 Å². The molecule has 2 N–H and O–H groups in total. The van der Waals surface area contributed by atoms with Crippen LogP contribution in [0.25, 0.3) is 6.08 Å². The van der Waals surface area contributed by atoms with E-state index in [-0.39, 0.29) is 6.03 Å². The molecule has 5 heteroatoms. The lowest BCUT2D eigenvalue weighted by Crippen LogP contribution is -2.41. The zero-order valence-electron chi connectivity index (χ0n) is 14.6. The van der Waals surface area contributed by atoms with Gasteiger partial charge in [-0.25, -0.2) is 9.78 Å². The van der Waals surface area contributed by atoms with Crippen LogP contribution in [0.4, 0.5) is 4.79 Å². The van der Waals surface area contributed by atoms with Gasteiger partial charge in [-0.3, -0.25) is 0 Å². The van der Waals surface area contributed by atoms with Gasteiger partial charge >= 0.3 is 6.03 Å². The number of aryl methyl sites for hydroxylation is 1. The highest BCUT2D eigenvalue weighted by molar-refractivity contribution is 5.74. The predicted molar refractivity (Wildman–Crippen MR) is 97.4 cm³/mol. The monoisotopic (exact) mass is 326 g/mol. The summed E-state index contributed by atoms with van der Waals surface area (Å²) < 4.78 is 0. The number of amides is 2. The van der Waals surface area contributed by atoms with Crippen molar-refractivity contribution < 1.29 is 4.79 Å². The van der Waals surface area contributed by atoms with Gasteiger partial charge in [0.1, 0.15) is 5.82 Å². The van der Waals surface area contributed by atoms with Crippen molar-refractivity contribution in [2.45, 2.75) is 27.3 Å². The SMILES string of the molecule is Cc1cnc(CNC(=O)N(CC=Cc2ccccc2)CC(C)C)[nH]1. The maximum Gasteiger partial charge on any atom is 0.318 e. The van der Waals surface area contributed by atoms with Gasteiger partial charge in [-0.15, -0.1) is 0 Å². The summed E-state index contributed by atoms with van der Waals surface area (Å²) in [7, 11) is 0. The van der Waals surface area contributed by atoms with Gasteiger partial charge in [-0.05, 0) is 18.4 Å². The van der Waals surface area contributed by atoms with Gasteiger partial charge in [-0.1, -0.05) is 56.3 Å². The van der Waals surface area contributed by atoms with Crippen molar-refractivity contribution in [3.8, 4) is 0 Å². The molecule has 5 nitrogen and oxygen atoms in total. The molecule has 2 rings (SSSR count). The van der Waals surface area contributed by atoms with Gasteiger partial charge in [0.25, 0.3) is 0 Å². The average Bonchev–Trinajstić information content (AvgIpc) is 2.98. The molecule has 0 aliphatic heterocycles. The number of carbonyl (C=O) groups is 1. The van der Waals surface area contributed by atoms with E-state index in [2.05, 4.69) is 29.1 Å². The fraction of sp³-hybridized carbons (Fsp3) is 0.368. The molecule has 0 unspecified atom stereocenters. The van der Waals surface area contributed by atoms with E-state index >= 15 is 0 Å². The number of urea groups is 1. The van der Waals surface area contributed by atoms with E-state index in [0.717, 1.165) is 17.1 Å². The maximum atomic E-state index is 12.4. The second kappa shape index (κ2) is 8.91. The smallest absolute Gasteiger partial charge is 0.318 e. The molecule has 2 amide bonds. The minimum atomic E-state index is -0.0736. The number of rotatable bonds is 7. The summed E-state index contributed by atoms with van der Waals surface area (Å²) in [4.78, 5) is 21.6. The number of hydrogen-bond donors (Lipinski definition) is 2. The van der Waals surface area contributed by atoms with Crippen molar-refractivity contribution in [2.75, 3.05) is 13.1 Å². The molecule has 0 bridgehead atoms. The van der Waals surface area contributed by atoms with Crippen LogP contribution in [-0.2, 0) is 6.54 Å². The zero-order valence-corrected chi connectivity index (χ0v) is 14.6. The van der Waals surface area contributed by atoms with Crippen LogP contribution in [-0.4, -0.2) is 34.0 Å². The molecule has 0 aliphatic carbocycles. The summed E-state index contributed by atoms with van der Waals surface area (Å²) in [5.74, 6) is 1.18. The van der Waals surface area contributed by atoms with Crippen molar-refractivity contribution >= 4 is 12.1 Å². The Labute approximate surface area is 143 Å². The van der Waals surface area contributed by atoms with Crippen molar-refractivity contribution in [3.05, 3.63) is 59.7 Å². The molecule has 1 heterocycles. The zero-order chi connectivity index (χ0) is 17.4. The lowest BCUT2D eigenvalue weighted by molar-refractivity contribution is 0.196. The molecular weight excluding hydrogens is 300 g/mol. The average molecular weight is 326 g/mol. The Kier molecular flexibility index (Phi) is 6.61. The normalized spacial score (nSPS) is 11.2. The van der Waals surface area contributed by atoms with Gasteiger partial charge in [0, 0.05) is 25.0 Å². The van der Waals surface area contributed by atoms with Gasteiger partial charge in [0.2, 0.25) is 0 Å². The van der Waals surface area contributed by atoms with Gasteiger partial charge in [0.05, 0.1) is 6.54 Å². The molecule has 2 aromatic rings. The summed E-state index contributed by atoms with van der Waals surface area (Å²) in [6, 6.07) is 10.0. The molecule has 1 aromatic carbocycles. The fourth-order valence-electron chi connectivity index (χ4n) is 2.39. The van der Waals surface area contributed by atoms with Gasteiger partial charge in [0.15, 0.2) is 0 Å². The highest BCUT2D eigenvalue weighted by atomic mass is 16.2. The number of nitrogens with one attached hydrogen (secondary N) is 2. The molecule has 0 saturated heterocycles. The third-order valence-electron chi connectivity index (χ3n) is 3.47. The summed E-state index contributed by atoms with van der Waals surface area (Å²) in [5, 5.41) is 2.93. The number of nitrogens with zero attached hydrogens (tertiary/aromatic N) is 2. The molecule has 0 fully saturated rings. The topological polar surface area (TPSA) is 61.0 Å². The lowest BCUT2D eigenvalue weighted by atomic mass is 10.2. The number of imidazole rings is 1. The molecule has 128 valence electrons. The van der Waals surface area contributed by atoms with Gasteiger partial charge < -0.3 is 15.2 Å². The molecule has 0 atom stereocenters. The van der Waals surface area contributed by atoms with Crippen LogP contribution in [0.3, 0.4) is 0 Å². The van der Waals surface area contributed by atoms with Crippen LogP contribution >= 0.6 is 0 Å². The quantitative estimate of drug-likeness (QED) is 0.816. The molecule has 24 heavy (non-hydrogen) atoms. The molecule has 0 spiro atoms. The second-order valence-corrected chi connectivity index (χ2v) is 6.28. The minimum Gasteiger partial charge on any atom is -0.345 e. The van der Waals surface area contributed by atoms with E-state index in [4.69, 9.17) is 0 Å². The third-order valence-corrected chi connectivity index (χ3v) is 3.47. The van der Waals surface area contributed by atoms with E-state index in [1.165, 1.54) is 0 Å². The summed E-state index contributed by atoms with van der Waals surface area (Å²) in [6.45, 7) is 7.85. The Morgan fingerprint density at radius 1 is 1.33 bits per heavy atom. The first kappa shape index (κ1) is 17.8. The number of H-pyrrole nitrogens is 1. The van der Waals surface area contributed by atoms with E-state index in [1.807, 2.05) is 54.3 Å². The highest BCUT2D eigenvalue weighted by Crippen LogP contribution is 2.04. The summed E-state index contributed by atoms with van der Waals surface area (Å²) in [6.07, 6.45) is 5.82. The van der Waals surface area contributed by atoms with E-state index in [0.29, 0.717) is 25.6 Å². The van der Waals surface area contributed by atoms with Crippen molar-refractivity contribution in [3.63, 3.8) is 0 Å². The minimum absolute atomic E-state index is 0.0736. The highest BCUT2D eigenvalue weighted by Gasteiger charge is 2.13. The number of benzene rings is 1. The molecule has 1 aromatic heterocycles. The number of aromatic amines is 1. The number of aromatic nitrogens is 2. The van der Waals surface area contributed by atoms with E-state index in [9.17, 15) is 4.79 Å². The van der Waals surface area contributed by atoms with Crippen LogP contribution in [0.1, 0.15) is 30.9 Å².